The Morgan fingerprint density at radius 1 is 1.50 bits per heavy atom. The van der Waals surface area contributed by atoms with Crippen molar-refractivity contribution in [2.24, 2.45) is 0 Å². The number of hydrogen-bond donors (Lipinski definition) is 0. The summed E-state index contributed by atoms with van der Waals surface area (Å²) in [6.45, 7) is 4.28. The van der Waals surface area contributed by atoms with Crippen molar-refractivity contribution in [1.82, 2.24) is 4.90 Å². The number of nitro benzene ring substituents is 1. The number of benzene rings is 1. The second-order valence-electron chi connectivity index (χ2n) is 3.80. The molecular formula is C12H15ClN2O3. The predicted octanol–water partition coefficient (Wildman–Crippen LogP) is 2.60. The van der Waals surface area contributed by atoms with Crippen molar-refractivity contribution in [3.63, 3.8) is 0 Å². The quantitative estimate of drug-likeness (QED) is 0.469. The Hall–Kier alpha value is -1.62. The first kappa shape index (κ1) is 14.4. The number of nitrogens with zero attached hydrogens (tertiary/aromatic N) is 2. The maximum atomic E-state index is 12.2. The number of hydrogen-bond acceptors (Lipinski definition) is 3. The molecule has 98 valence electrons. The molecular weight excluding hydrogens is 256 g/mol. The molecule has 18 heavy (non-hydrogen) atoms. The number of carbonyl (C=O) groups is 1. The third-order valence-electron chi connectivity index (χ3n) is 2.67. The molecule has 1 aromatic rings. The van der Waals surface area contributed by atoms with Crippen molar-refractivity contribution in [3.8, 4) is 0 Å². The summed E-state index contributed by atoms with van der Waals surface area (Å²) >= 11 is 5.61. The zero-order valence-corrected chi connectivity index (χ0v) is 11.1. The van der Waals surface area contributed by atoms with Crippen LogP contribution in [0.15, 0.2) is 18.2 Å². The first-order chi connectivity index (χ1) is 8.52. The molecule has 1 rings (SSSR count). The van der Waals surface area contributed by atoms with Crippen LogP contribution >= 0.6 is 11.6 Å². The monoisotopic (exact) mass is 270 g/mol. The van der Waals surface area contributed by atoms with Gasteiger partial charge in [0, 0.05) is 24.5 Å². The van der Waals surface area contributed by atoms with Gasteiger partial charge in [0.1, 0.15) is 5.56 Å². The fourth-order valence-corrected chi connectivity index (χ4v) is 1.95. The van der Waals surface area contributed by atoms with Crippen molar-refractivity contribution in [2.75, 3.05) is 19.0 Å². The summed E-state index contributed by atoms with van der Waals surface area (Å²) in [5.41, 5.74) is 0.468. The molecule has 0 spiro atoms. The molecule has 0 radical (unpaired) electrons. The molecule has 0 N–H and O–H groups in total. The van der Waals surface area contributed by atoms with E-state index in [4.69, 9.17) is 11.6 Å². The summed E-state index contributed by atoms with van der Waals surface area (Å²) in [5.74, 6) is -0.0484. The van der Waals surface area contributed by atoms with Crippen LogP contribution < -0.4 is 0 Å². The fraction of sp³-hybridized carbons (Fsp3) is 0.417. The van der Waals surface area contributed by atoms with E-state index in [9.17, 15) is 14.9 Å². The van der Waals surface area contributed by atoms with Crippen LogP contribution in [-0.2, 0) is 0 Å². The predicted molar refractivity (Wildman–Crippen MR) is 70.1 cm³/mol. The van der Waals surface area contributed by atoms with Gasteiger partial charge in [-0.3, -0.25) is 14.9 Å². The molecule has 1 amide bonds. The Kier molecular flexibility index (Phi) is 5.09. The smallest absolute Gasteiger partial charge is 0.285 e. The lowest BCUT2D eigenvalue weighted by Crippen LogP contribution is -2.33. The number of carbonyl (C=O) groups excluding carboxylic acids is 1. The molecule has 0 atom stereocenters. The average Bonchev–Trinajstić information content (AvgIpc) is 2.34. The largest absolute Gasteiger partial charge is 0.338 e. The van der Waals surface area contributed by atoms with Gasteiger partial charge < -0.3 is 4.90 Å². The zero-order chi connectivity index (χ0) is 13.7. The molecule has 0 aliphatic heterocycles. The minimum atomic E-state index is -0.517. The van der Waals surface area contributed by atoms with Crippen molar-refractivity contribution in [2.45, 2.75) is 13.8 Å². The maximum absolute atomic E-state index is 12.2. The van der Waals surface area contributed by atoms with E-state index in [1.165, 1.54) is 11.0 Å². The fourth-order valence-electron chi connectivity index (χ4n) is 1.75. The standard InChI is InChI=1S/C12H15ClN2O3/c1-3-14(8-7-13)12(16)10-6-4-5-9(2)11(10)15(17)18/h4-6H,3,7-8H2,1-2H3. The molecule has 0 aliphatic carbocycles. The lowest BCUT2D eigenvalue weighted by molar-refractivity contribution is -0.385. The number of halogens is 1. The van der Waals surface area contributed by atoms with Crippen LogP contribution in [0, 0.1) is 17.0 Å². The summed E-state index contributed by atoms with van der Waals surface area (Å²) in [4.78, 5) is 24.2. The minimum Gasteiger partial charge on any atom is -0.338 e. The van der Waals surface area contributed by atoms with Gasteiger partial charge >= 0.3 is 0 Å². The van der Waals surface area contributed by atoms with Gasteiger partial charge in [0.2, 0.25) is 0 Å². The minimum absolute atomic E-state index is 0.118. The Morgan fingerprint density at radius 3 is 2.67 bits per heavy atom. The van der Waals surface area contributed by atoms with Crippen LogP contribution in [0.2, 0.25) is 0 Å². The third kappa shape index (κ3) is 2.98. The molecule has 0 aromatic heterocycles. The van der Waals surface area contributed by atoms with Crippen molar-refractivity contribution in [3.05, 3.63) is 39.4 Å². The van der Waals surface area contributed by atoms with E-state index in [-0.39, 0.29) is 17.2 Å². The number of alkyl halides is 1. The zero-order valence-electron chi connectivity index (χ0n) is 10.4. The van der Waals surface area contributed by atoms with Crippen LogP contribution in [0.1, 0.15) is 22.8 Å². The van der Waals surface area contributed by atoms with Crippen LogP contribution in [-0.4, -0.2) is 34.7 Å². The second kappa shape index (κ2) is 6.35. The Morgan fingerprint density at radius 2 is 2.17 bits per heavy atom. The van der Waals surface area contributed by atoms with Gasteiger partial charge in [0.05, 0.1) is 4.92 Å². The first-order valence-electron chi connectivity index (χ1n) is 5.62. The highest BCUT2D eigenvalue weighted by Gasteiger charge is 2.25. The topological polar surface area (TPSA) is 63.5 Å². The summed E-state index contributed by atoms with van der Waals surface area (Å²) in [6.07, 6.45) is 0. The highest BCUT2D eigenvalue weighted by Crippen LogP contribution is 2.24. The third-order valence-corrected chi connectivity index (χ3v) is 2.84. The normalized spacial score (nSPS) is 10.2. The van der Waals surface area contributed by atoms with Gasteiger partial charge in [-0.2, -0.15) is 0 Å². The summed E-state index contributed by atoms with van der Waals surface area (Å²) in [6, 6.07) is 4.74. The lowest BCUT2D eigenvalue weighted by atomic mass is 10.1. The van der Waals surface area contributed by atoms with E-state index < -0.39 is 4.92 Å². The number of nitro groups is 1. The van der Waals surface area contributed by atoms with Crippen molar-refractivity contribution >= 4 is 23.2 Å². The molecule has 1 aromatic carbocycles. The Bertz CT molecular complexity index is 463. The van der Waals surface area contributed by atoms with Gasteiger partial charge in [-0.05, 0) is 19.9 Å². The van der Waals surface area contributed by atoms with E-state index in [1.54, 1.807) is 19.1 Å². The van der Waals surface area contributed by atoms with Crippen molar-refractivity contribution < 1.29 is 9.72 Å². The lowest BCUT2D eigenvalue weighted by Gasteiger charge is -2.19. The van der Waals surface area contributed by atoms with Crippen LogP contribution in [0.5, 0.6) is 0 Å². The summed E-state index contributed by atoms with van der Waals surface area (Å²) in [5, 5.41) is 11.0. The summed E-state index contributed by atoms with van der Waals surface area (Å²) < 4.78 is 0. The molecule has 0 fully saturated rings. The van der Waals surface area contributed by atoms with E-state index in [0.29, 0.717) is 24.5 Å². The maximum Gasteiger partial charge on any atom is 0.285 e. The van der Waals surface area contributed by atoms with Crippen LogP contribution in [0.25, 0.3) is 0 Å². The highest BCUT2D eigenvalue weighted by molar-refractivity contribution is 6.18. The number of para-hydroxylation sites is 1. The van der Waals surface area contributed by atoms with Gasteiger partial charge in [-0.1, -0.05) is 12.1 Å². The highest BCUT2D eigenvalue weighted by atomic mass is 35.5. The molecule has 6 heteroatoms. The molecule has 0 bridgehead atoms. The number of rotatable bonds is 5. The second-order valence-corrected chi connectivity index (χ2v) is 4.18. The number of amides is 1. The summed E-state index contributed by atoms with van der Waals surface area (Å²) in [7, 11) is 0. The molecule has 0 saturated heterocycles. The van der Waals surface area contributed by atoms with Crippen LogP contribution in [0.3, 0.4) is 0 Å². The molecule has 5 nitrogen and oxygen atoms in total. The SMILES string of the molecule is CCN(CCCl)C(=O)c1cccc(C)c1[N+](=O)[O-]. The first-order valence-corrected chi connectivity index (χ1v) is 6.15. The molecule has 0 saturated carbocycles. The molecule has 0 aliphatic rings. The van der Waals surface area contributed by atoms with Crippen LogP contribution in [0.4, 0.5) is 5.69 Å². The van der Waals surface area contributed by atoms with Gasteiger partial charge in [-0.25, -0.2) is 0 Å². The number of aryl methyl sites for hydroxylation is 1. The Balaban J connectivity index is 3.20. The average molecular weight is 271 g/mol. The van der Waals surface area contributed by atoms with E-state index in [0.717, 1.165) is 0 Å². The van der Waals surface area contributed by atoms with Crippen molar-refractivity contribution in [1.29, 1.82) is 0 Å². The molecule has 0 unspecified atom stereocenters. The molecule has 0 heterocycles. The van der Waals surface area contributed by atoms with Gasteiger partial charge in [-0.15, -0.1) is 11.6 Å². The van der Waals surface area contributed by atoms with E-state index in [2.05, 4.69) is 0 Å². The van der Waals surface area contributed by atoms with E-state index >= 15 is 0 Å². The Labute approximate surface area is 110 Å². The van der Waals surface area contributed by atoms with E-state index in [1.807, 2.05) is 6.92 Å². The van der Waals surface area contributed by atoms with Gasteiger partial charge in [0.25, 0.3) is 11.6 Å². The van der Waals surface area contributed by atoms with Gasteiger partial charge in [0.15, 0.2) is 0 Å².